The van der Waals surface area contributed by atoms with E-state index in [0.29, 0.717) is 5.05 Å². The first-order valence-corrected chi connectivity index (χ1v) is 6.52. The molecule has 0 aliphatic rings. The Kier molecular flexibility index (Phi) is 4.53. The first-order valence-electron chi connectivity index (χ1n) is 6.11. The predicted octanol–water partition coefficient (Wildman–Crippen LogP) is 3.69. The molecule has 2 nitrogen and oxygen atoms in total. The van der Waals surface area contributed by atoms with E-state index in [4.69, 9.17) is 17.0 Å². The lowest BCUT2D eigenvalue weighted by atomic mass is 9.92. The van der Waals surface area contributed by atoms with Gasteiger partial charge in [-0.25, -0.2) is 0 Å². The van der Waals surface area contributed by atoms with Crippen LogP contribution in [-0.2, 0) is 11.2 Å². The van der Waals surface area contributed by atoms with Crippen molar-refractivity contribution in [3.05, 3.63) is 65.7 Å². The van der Waals surface area contributed by atoms with Crippen LogP contribution in [0.2, 0.25) is 0 Å². The van der Waals surface area contributed by atoms with Gasteiger partial charge in [0.1, 0.15) is 5.75 Å². The van der Waals surface area contributed by atoms with E-state index in [1.807, 2.05) is 30.3 Å². The van der Waals surface area contributed by atoms with Crippen LogP contribution in [-0.4, -0.2) is 17.3 Å². The summed E-state index contributed by atoms with van der Waals surface area (Å²) in [7, 11) is 1.61. The van der Waals surface area contributed by atoms with E-state index >= 15 is 0 Å². The number of phenolic OH excluding ortho intramolecular Hbond substituents is 1. The van der Waals surface area contributed by atoms with Gasteiger partial charge in [0.05, 0.1) is 13.0 Å². The summed E-state index contributed by atoms with van der Waals surface area (Å²) in [4.78, 5) is 0. The molecule has 2 aromatic carbocycles. The smallest absolute Gasteiger partial charge is 0.167 e. The molecule has 0 saturated heterocycles. The molecule has 2 rings (SSSR count). The Morgan fingerprint density at radius 2 is 1.74 bits per heavy atom. The minimum absolute atomic E-state index is 0.0470. The average molecular weight is 272 g/mol. The van der Waals surface area contributed by atoms with Crippen molar-refractivity contribution in [3.8, 4) is 5.75 Å². The Balaban J connectivity index is 2.24. The van der Waals surface area contributed by atoms with Crippen molar-refractivity contribution in [1.82, 2.24) is 0 Å². The number of ether oxygens (including phenoxy) is 1. The number of thiocarbonyl (C=S) groups is 1. The second-order valence-electron chi connectivity index (χ2n) is 4.36. The van der Waals surface area contributed by atoms with Gasteiger partial charge in [-0.1, -0.05) is 42.5 Å². The van der Waals surface area contributed by atoms with Gasteiger partial charge < -0.3 is 9.84 Å². The SMILES string of the molecule is COC(=S)C(Cc1ccc(O)cc1)c1ccccc1. The number of benzene rings is 2. The minimum Gasteiger partial charge on any atom is -0.508 e. The summed E-state index contributed by atoms with van der Waals surface area (Å²) >= 11 is 5.31. The molecule has 1 N–H and O–H groups in total. The second-order valence-corrected chi connectivity index (χ2v) is 4.76. The van der Waals surface area contributed by atoms with E-state index in [1.54, 1.807) is 19.2 Å². The Hall–Kier alpha value is -1.87. The number of methoxy groups -OCH3 is 1. The molecule has 3 heteroatoms. The summed E-state index contributed by atoms with van der Waals surface area (Å²) in [5.74, 6) is 0.320. The molecular formula is C16H16O2S. The van der Waals surface area contributed by atoms with Crippen molar-refractivity contribution >= 4 is 17.3 Å². The van der Waals surface area contributed by atoms with Gasteiger partial charge in [0.25, 0.3) is 0 Å². The summed E-state index contributed by atoms with van der Waals surface area (Å²) in [5, 5.41) is 9.90. The van der Waals surface area contributed by atoms with Crippen molar-refractivity contribution < 1.29 is 9.84 Å². The maximum atomic E-state index is 9.31. The number of rotatable bonds is 4. The standard InChI is InChI=1S/C16H16O2S/c1-18-16(19)15(13-5-3-2-4-6-13)11-12-7-9-14(17)10-8-12/h2-10,15,17H,11H2,1H3. The molecule has 0 fully saturated rings. The highest BCUT2D eigenvalue weighted by Gasteiger charge is 2.18. The normalized spacial score (nSPS) is 11.8. The van der Waals surface area contributed by atoms with E-state index in [1.165, 1.54) is 0 Å². The Labute approximate surface area is 118 Å². The zero-order chi connectivity index (χ0) is 13.7. The van der Waals surface area contributed by atoms with Gasteiger partial charge in [-0.15, -0.1) is 0 Å². The van der Waals surface area contributed by atoms with Crippen LogP contribution >= 0.6 is 12.2 Å². The maximum absolute atomic E-state index is 9.31. The first kappa shape index (κ1) is 13.6. The van der Waals surface area contributed by atoms with Crippen molar-refractivity contribution in [2.24, 2.45) is 0 Å². The number of aromatic hydroxyl groups is 1. The summed E-state index contributed by atoms with van der Waals surface area (Å²) in [6.45, 7) is 0. The number of hydrogen-bond acceptors (Lipinski definition) is 3. The van der Waals surface area contributed by atoms with Crippen LogP contribution in [0.15, 0.2) is 54.6 Å². The van der Waals surface area contributed by atoms with Crippen LogP contribution < -0.4 is 0 Å². The van der Waals surface area contributed by atoms with Crippen LogP contribution in [0.5, 0.6) is 5.75 Å². The lowest BCUT2D eigenvalue weighted by molar-refractivity contribution is 0.393. The molecule has 0 aliphatic heterocycles. The molecule has 2 aromatic rings. The molecule has 0 amide bonds. The number of phenols is 1. The third-order valence-corrected chi connectivity index (χ3v) is 3.51. The van der Waals surface area contributed by atoms with Gasteiger partial charge in [0.2, 0.25) is 0 Å². The highest BCUT2D eigenvalue weighted by atomic mass is 32.1. The van der Waals surface area contributed by atoms with Crippen molar-refractivity contribution in [1.29, 1.82) is 0 Å². The van der Waals surface area contributed by atoms with E-state index < -0.39 is 0 Å². The molecule has 1 unspecified atom stereocenters. The minimum atomic E-state index is 0.0470. The summed E-state index contributed by atoms with van der Waals surface area (Å²) in [6.07, 6.45) is 0.761. The molecule has 0 heterocycles. The van der Waals surface area contributed by atoms with Gasteiger partial charge in [-0.3, -0.25) is 0 Å². The molecule has 0 aromatic heterocycles. The largest absolute Gasteiger partial charge is 0.508 e. The Morgan fingerprint density at radius 1 is 1.11 bits per heavy atom. The third-order valence-electron chi connectivity index (χ3n) is 3.06. The fraction of sp³-hybridized carbons (Fsp3) is 0.188. The first-order chi connectivity index (χ1) is 9.20. The molecule has 0 spiro atoms. The lowest BCUT2D eigenvalue weighted by Gasteiger charge is -2.17. The molecule has 0 radical (unpaired) electrons. The highest BCUT2D eigenvalue weighted by Crippen LogP contribution is 2.24. The molecule has 19 heavy (non-hydrogen) atoms. The Morgan fingerprint density at radius 3 is 2.32 bits per heavy atom. The van der Waals surface area contributed by atoms with Crippen molar-refractivity contribution in [2.45, 2.75) is 12.3 Å². The van der Waals surface area contributed by atoms with Gasteiger partial charge in [-0.2, -0.15) is 0 Å². The van der Waals surface area contributed by atoms with E-state index in [-0.39, 0.29) is 11.7 Å². The summed E-state index contributed by atoms with van der Waals surface area (Å²) in [6, 6.07) is 17.3. The molecule has 0 saturated carbocycles. The number of hydrogen-bond donors (Lipinski definition) is 1. The quantitative estimate of drug-likeness (QED) is 0.861. The fourth-order valence-electron chi connectivity index (χ4n) is 2.03. The average Bonchev–Trinajstić information content (AvgIpc) is 2.47. The molecule has 0 bridgehead atoms. The lowest BCUT2D eigenvalue weighted by Crippen LogP contribution is -2.15. The molecule has 98 valence electrons. The van der Waals surface area contributed by atoms with E-state index in [2.05, 4.69) is 12.1 Å². The van der Waals surface area contributed by atoms with Crippen LogP contribution in [0.25, 0.3) is 0 Å². The van der Waals surface area contributed by atoms with Crippen LogP contribution in [0.1, 0.15) is 17.0 Å². The van der Waals surface area contributed by atoms with Crippen LogP contribution in [0.4, 0.5) is 0 Å². The van der Waals surface area contributed by atoms with Crippen molar-refractivity contribution in [3.63, 3.8) is 0 Å². The molecular weight excluding hydrogens is 256 g/mol. The zero-order valence-electron chi connectivity index (χ0n) is 10.7. The fourth-order valence-corrected chi connectivity index (χ4v) is 2.25. The van der Waals surface area contributed by atoms with Crippen LogP contribution in [0.3, 0.4) is 0 Å². The summed E-state index contributed by atoms with van der Waals surface area (Å²) < 4.78 is 5.24. The van der Waals surface area contributed by atoms with Gasteiger partial charge >= 0.3 is 0 Å². The third kappa shape index (κ3) is 3.55. The Bertz CT molecular complexity index is 534. The molecule has 0 aliphatic carbocycles. The highest BCUT2D eigenvalue weighted by molar-refractivity contribution is 7.80. The van der Waals surface area contributed by atoms with E-state index in [0.717, 1.165) is 17.5 Å². The summed E-state index contributed by atoms with van der Waals surface area (Å²) in [5.41, 5.74) is 2.26. The predicted molar refractivity (Wildman–Crippen MR) is 80.6 cm³/mol. The van der Waals surface area contributed by atoms with E-state index in [9.17, 15) is 5.11 Å². The second kappa shape index (κ2) is 6.34. The van der Waals surface area contributed by atoms with Crippen molar-refractivity contribution in [2.75, 3.05) is 7.11 Å². The topological polar surface area (TPSA) is 29.5 Å². The van der Waals surface area contributed by atoms with Gasteiger partial charge in [-0.05, 0) is 41.9 Å². The van der Waals surface area contributed by atoms with Crippen LogP contribution in [0, 0.1) is 0 Å². The monoisotopic (exact) mass is 272 g/mol. The molecule has 1 atom stereocenters. The maximum Gasteiger partial charge on any atom is 0.167 e. The zero-order valence-corrected chi connectivity index (χ0v) is 11.6. The van der Waals surface area contributed by atoms with Gasteiger partial charge in [0, 0.05) is 0 Å². The van der Waals surface area contributed by atoms with Gasteiger partial charge in [0.15, 0.2) is 5.05 Å².